The van der Waals surface area contributed by atoms with Gasteiger partial charge in [-0.05, 0) is 19.4 Å². The molecule has 0 aromatic carbocycles. The van der Waals surface area contributed by atoms with Crippen LogP contribution in [0.25, 0.3) is 0 Å². The van der Waals surface area contributed by atoms with Crippen molar-refractivity contribution in [2.24, 2.45) is 0 Å². The van der Waals surface area contributed by atoms with Crippen LogP contribution in [0.4, 0.5) is 5.69 Å². The summed E-state index contributed by atoms with van der Waals surface area (Å²) in [6.07, 6.45) is 3.79. The highest BCUT2D eigenvalue weighted by Crippen LogP contribution is 2.25. The molecule has 0 bridgehead atoms. The first-order chi connectivity index (χ1) is 7.48. The summed E-state index contributed by atoms with van der Waals surface area (Å²) in [5.41, 5.74) is 0.501. The average molecular weight is 222 g/mol. The molecule has 5 nitrogen and oxygen atoms in total. The number of β-amino-alcohol motifs (C(OH)–C–C–N with tert-alkyl or cyclic N) is 1. The van der Waals surface area contributed by atoms with Gasteiger partial charge in [0.15, 0.2) is 0 Å². The standard InChI is InChI=1S/C10H15BN2O3/c1-10(14)2-3-13(7-10)9-4-8(11(15)16)5-12-6-9/h4-6,14-16H,2-3,7H2,1H3/t10-/m0/s1. The van der Waals surface area contributed by atoms with Crippen LogP contribution in [0.1, 0.15) is 13.3 Å². The fraction of sp³-hybridized carbons (Fsp3) is 0.500. The molecule has 86 valence electrons. The maximum absolute atomic E-state index is 9.84. The Hall–Kier alpha value is -1.11. The number of hydrogen-bond acceptors (Lipinski definition) is 5. The van der Waals surface area contributed by atoms with E-state index in [2.05, 4.69) is 4.98 Å². The highest BCUT2D eigenvalue weighted by atomic mass is 16.4. The van der Waals surface area contributed by atoms with Gasteiger partial charge in [0.1, 0.15) is 0 Å². The Balaban J connectivity index is 2.19. The van der Waals surface area contributed by atoms with Crippen molar-refractivity contribution in [3.8, 4) is 0 Å². The van der Waals surface area contributed by atoms with Crippen LogP contribution in [0.5, 0.6) is 0 Å². The molecule has 16 heavy (non-hydrogen) atoms. The fourth-order valence-electron chi connectivity index (χ4n) is 1.92. The van der Waals surface area contributed by atoms with Crippen LogP contribution in [0.2, 0.25) is 0 Å². The van der Waals surface area contributed by atoms with Gasteiger partial charge in [0.05, 0.1) is 17.5 Å². The number of pyridine rings is 1. The first-order valence-electron chi connectivity index (χ1n) is 5.26. The van der Waals surface area contributed by atoms with Crippen molar-refractivity contribution in [2.45, 2.75) is 18.9 Å². The average Bonchev–Trinajstić information content (AvgIpc) is 2.59. The molecule has 1 aliphatic rings. The minimum Gasteiger partial charge on any atom is -0.423 e. The van der Waals surface area contributed by atoms with Crippen molar-refractivity contribution >= 4 is 18.3 Å². The molecule has 1 aliphatic heterocycles. The van der Waals surface area contributed by atoms with Gasteiger partial charge in [-0.3, -0.25) is 4.98 Å². The first-order valence-corrected chi connectivity index (χ1v) is 5.26. The van der Waals surface area contributed by atoms with E-state index >= 15 is 0 Å². The summed E-state index contributed by atoms with van der Waals surface area (Å²) in [4.78, 5) is 5.94. The van der Waals surface area contributed by atoms with Gasteiger partial charge in [0, 0.05) is 24.7 Å². The van der Waals surface area contributed by atoms with Crippen LogP contribution in [-0.4, -0.2) is 45.9 Å². The fourth-order valence-corrected chi connectivity index (χ4v) is 1.92. The predicted octanol–water partition coefficient (Wildman–Crippen LogP) is -1.28. The Morgan fingerprint density at radius 1 is 1.44 bits per heavy atom. The maximum Gasteiger partial charge on any atom is 0.490 e. The van der Waals surface area contributed by atoms with Crippen molar-refractivity contribution in [3.05, 3.63) is 18.5 Å². The van der Waals surface area contributed by atoms with E-state index in [0.717, 1.165) is 12.2 Å². The number of rotatable bonds is 2. The van der Waals surface area contributed by atoms with Gasteiger partial charge in [0.25, 0.3) is 0 Å². The molecule has 1 saturated heterocycles. The zero-order chi connectivity index (χ0) is 11.8. The molecule has 0 saturated carbocycles. The largest absolute Gasteiger partial charge is 0.490 e. The summed E-state index contributed by atoms with van der Waals surface area (Å²) in [7, 11) is -1.50. The van der Waals surface area contributed by atoms with Crippen molar-refractivity contribution in [2.75, 3.05) is 18.0 Å². The number of anilines is 1. The molecule has 0 unspecified atom stereocenters. The zero-order valence-electron chi connectivity index (χ0n) is 9.17. The van der Waals surface area contributed by atoms with E-state index in [1.807, 2.05) is 4.90 Å². The van der Waals surface area contributed by atoms with Crippen LogP contribution in [-0.2, 0) is 0 Å². The van der Waals surface area contributed by atoms with Crippen LogP contribution in [0, 0.1) is 0 Å². The van der Waals surface area contributed by atoms with Gasteiger partial charge < -0.3 is 20.1 Å². The van der Waals surface area contributed by atoms with E-state index in [4.69, 9.17) is 10.0 Å². The third kappa shape index (κ3) is 2.34. The Morgan fingerprint density at radius 2 is 2.19 bits per heavy atom. The summed E-state index contributed by atoms with van der Waals surface area (Å²) in [5, 5.41) is 27.9. The van der Waals surface area contributed by atoms with E-state index in [9.17, 15) is 5.11 Å². The molecule has 2 heterocycles. The van der Waals surface area contributed by atoms with E-state index in [0.29, 0.717) is 18.4 Å². The van der Waals surface area contributed by atoms with Gasteiger partial charge in [-0.15, -0.1) is 0 Å². The van der Waals surface area contributed by atoms with Gasteiger partial charge >= 0.3 is 7.12 Å². The minimum atomic E-state index is -1.50. The van der Waals surface area contributed by atoms with Gasteiger partial charge in [-0.1, -0.05) is 0 Å². The molecule has 0 radical (unpaired) electrons. The van der Waals surface area contributed by atoms with Crippen molar-refractivity contribution in [3.63, 3.8) is 0 Å². The van der Waals surface area contributed by atoms with E-state index < -0.39 is 12.7 Å². The summed E-state index contributed by atoms with van der Waals surface area (Å²) in [5.74, 6) is 0. The van der Waals surface area contributed by atoms with Gasteiger partial charge in [-0.2, -0.15) is 0 Å². The third-order valence-electron chi connectivity index (χ3n) is 2.86. The summed E-state index contributed by atoms with van der Waals surface area (Å²) in [6.45, 7) is 3.09. The molecule has 1 fully saturated rings. The SMILES string of the molecule is C[C@]1(O)CCN(c2cncc(B(O)O)c2)C1. The molecule has 0 aliphatic carbocycles. The number of nitrogens with zero attached hydrogens (tertiary/aromatic N) is 2. The van der Waals surface area contributed by atoms with Crippen molar-refractivity contribution in [1.29, 1.82) is 0 Å². The second-order valence-corrected chi connectivity index (χ2v) is 4.52. The molecule has 1 aromatic rings. The lowest BCUT2D eigenvalue weighted by Gasteiger charge is -2.20. The normalized spacial score (nSPS) is 24.9. The summed E-state index contributed by atoms with van der Waals surface area (Å²) < 4.78 is 0. The molecule has 6 heteroatoms. The Labute approximate surface area is 94.5 Å². The van der Waals surface area contributed by atoms with Gasteiger partial charge in [-0.25, -0.2) is 0 Å². The lowest BCUT2D eigenvalue weighted by atomic mass is 9.81. The summed E-state index contributed by atoms with van der Waals surface area (Å²) in [6, 6.07) is 1.68. The second-order valence-electron chi connectivity index (χ2n) is 4.52. The number of aliphatic hydroxyl groups is 1. The molecule has 1 atom stereocenters. The van der Waals surface area contributed by atoms with Crippen LogP contribution >= 0.6 is 0 Å². The van der Waals surface area contributed by atoms with E-state index in [1.165, 1.54) is 6.20 Å². The molecule has 3 N–H and O–H groups in total. The van der Waals surface area contributed by atoms with Crippen molar-refractivity contribution in [1.82, 2.24) is 4.98 Å². The highest BCUT2D eigenvalue weighted by Gasteiger charge is 2.31. The van der Waals surface area contributed by atoms with Crippen LogP contribution in [0.3, 0.4) is 0 Å². The molecular weight excluding hydrogens is 207 g/mol. The second kappa shape index (κ2) is 4.05. The van der Waals surface area contributed by atoms with Crippen LogP contribution < -0.4 is 10.4 Å². The molecule has 2 rings (SSSR count). The Bertz CT molecular complexity index is 384. The van der Waals surface area contributed by atoms with E-state index in [1.54, 1.807) is 19.2 Å². The maximum atomic E-state index is 9.84. The monoisotopic (exact) mass is 222 g/mol. The van der Waals surface area contributed by atoms with Gasteiger partial charge in [0.2, 0.25) is 0 Å². The van der Waals surface area contributed by atoms with Crippen molar-refractivity contribution < 1.29 is 15.2 Å². The zero-order valence-corrected chi connectivity index (χ0v) is 9.17. The molecule has 0 amide bonds. The molecule has 1 aromatic heterocycles. The lowest BCUT2D eigenvalue weighted by Crippen LogP contribution is -2.33. The minimum absolute atomic E-state index is 0.365. The highest BCUT2D eigenvalue weighted by molar-refractivity contribution is 6.58. The molecule has 0 spiro atoms. The van der Waals surface area contributed by atoms with Crippen LogP contribution in [0.15, 0.2) is 18.5 Å². The lowest BCUT2D eigenvalue weighted by molar-refractivity contribution is 0.0839. The van der Waals surface area contributed by atoms with E-state index in [-0.39, 0.29) is 0 Å². The molecular formula is C10H15BN2O3. The Morgan fingerprint density at radius 3 is 2.75 bits per heavy atom. The number of hydrogen-bond donors (Lipinski definition) is 3. The number of aromatic nitrogens is 1. The first kappa shape index (κ1) is 11.4. The quantitative estimate of drug-likeness (QED) is 0.543. The Kier molecular flexibility index (Phi) is 2.88. The third-order valence-corrected chi connectivity index (χ3v) is 2.86. The smallest absolute Gasteiger partial charge is 0.423 e. The summed E-state index contributed by atoms with van der Waals surface area (Å²) >= 11 is 0. The predicted molar refractivity (Wildman–Crippen MR) is 61.5 cm³/mol. The topological polar surface area (TPSA) is 76.8 Å².